The SMILES string of the molecule is C[C@H](C(=O)Nc1ccc(Cl)cc1)N1CCC[C@H]1c1cccs1. The standard InChI is InChI=1S/C17H19ClN2OS/c1-12(17(21)19-14-8-6-13(18)7-9-14)20-10-2-4-15(20)16-5-3-11-22-16/h3,5-9,11-12,15H,2,4,10H2,1H3,(H,19,21)/t12-,15+/m1/s1. The smallest absolute Gasteiger partial charge is 0.241 e. The number of nitrogens with zero attached hydrogens (tertiary/aromatic N) is 1. The van der Waals surface area contributed by atoms with Crippen LogP contribution in [-0.2, 0) is 4.79 Å². The van der Waals surface area contributed by atoms with Crippen molar-refractivity contribution in [2.24, 2.45) is 0 Å². The Morgan fingerprint density at radius 1 is 1.36 bits per heavy atom. The molecule has 0 spiro atoms. The first-order valence-corrected chi connectivity index (χ1v) is 8.76. The Balaban J connectivity index is 1.68. The van der Waals surface area contributed by atoms with Crippen molar-refractivity contribution in [3.63, 3.8) is 0 Å². The van der Waals surface area contributed by atoms with E-state index in [0.717, 1.165) is 25.1 Å². The fraction of sp³-hybridized carbons (Fsp3) is 0.353. The first kappa shape index (κ1) is 15.5. The lowest BCUT2D eigenvalue weighted by Gasteiger charge is -2.29. The summed E-state index contributed by atoms with van der Waals surface area (Å²) in [4.78, 5) is 16.2. The van der Waals surface area contributed by atoms with Crippen molar-refractivity contribution in [2.75, 3.05) is 11.9 Å². The predicted octanol–water partition coefficient (Wildman–Crippen LogP) is 4.57. The average Bonchev–Trinajstić information content (AvgIpc) is 3.19. The summed E-state index contributed by atoms with van der Waals surface area (Å²) in [5.74, 6) is 0.0331. The number of amides is 1. The summed E-state index contributed by atoms with van der Waals surface area (Å²) in [7, 11) is 0. The normalized spacial score (nSPS) is 20.0. The lowest BCUT2D eigenvalue weighted by molar-refractivity contribution is -0.121. The van der Waals surface area contributed by atoms with Crippen LogP contribution in [0.4, 0.5) is 5.69 Å². The average molecular weight is 335 g/mol. The van der Waals surface area contributed by atoms with E-state index in [1.165, 1.54) is 4.88 Å². The highest BCUT2D eigenvalue weighted by molar-refractivity contribution is 7.10. The Morgan fingerprint density at radius 3 is 2.82 bits per heavy atom. The van der Waals surface area contributed by atoms with Gasteiger partial charge in [0.25, 0.3) is 0 Å². The highest BCUT2D eigenvalue weighted by Gasteiger charge is 2.33. The zero-order valence-electron chi connectivity index (χ0n) is 12.5. The van der Waals surface area contributed by atoms with E-state index in [-0.39, 0.29) is 11.9 Å². The van der Waals surface area contributed by atoms with E-state index in [2.05, 4.69) is 27.7 Å². The number of benzene rings is 1. The lowest BCUT2D eigenvalue weighted by Crippen LogP contribution is -2.41. The number of likely N-dealkylation sites (tertiary alicyclic amines) is 1. The number of carbonyl (C=O) groups is 1. The number of anilines is 1. The summed E-state index contributed by atoms with van der Waals surface area (Å²) >= 11 is 7.64. The van der Waals surface area contributed by atoms with Crippen molar-refractivity contribution in [1.82, 2.24) is 4.90 Å². The number of nitrogens with one attached hydrogen (secondary N) is 1. The molecule has 1 aromatic heterocycles. The van der Waals surface area contributed by atoms with Gasteiger partial charge in [-0.1, -0.05) is 17.7 Å². The minimum absolute atomic E-state index is 0.0331. The van der Waals surface area contributed by atoms with E-state index >= 15 is 0 Å². The van der Waals surface area contributed by atoms with Crippen molar-refractivity contribution in [2.45, 2.75) is 31.8 Å². The third-order valence-electron chi connectivity index (χ3n) is 4.15. The number of rotatable bonds is 4. The largest absolute Gasteiger partial charge is 0.325 e. The molecule has 2 aromatic rings. The minimum Gasteiger partial charge on any atom is -0.325 e. The van der Waals surface area contributed by atoms with Crippen LogP contribution in [0, 0.1) is 0 Å². The molecule has 116 valence electrons. The van der Waals surface area contributed by atoms with Gasteiger partial charge in [-0.25, -0.2) is 0 Å². The molecule has 0 aliphatic carbocycles. The van der Waals surface area contributed by atoms with E-state index in [1.807, 2.05) is 19.1 Å². The van der Waals surface area contributed by atoms with Crippen LogP contribution in [-0.4, -0.2) is 23.4 Å². The van der Waals surface area contributed by atoms with Crippen molar-refractivity contribution >= 4 is 34.5 Å². The van der Waals surface area contributed by atoms with Crippen molar-refractivity contribution in [3.8, 4) is 0 Å². The van der Waals surface area contributed by atoms with E-state index < -0.39 is 0 Å². The molecular weight excluding hydrogens is 316 g/mol. The third kappa shape index (κ3) is 3.35. The summed E-state index contributed by atoms with van der Waals surface area (Å²) in [5, 5.41) is 5.75. The zero-order valence-corrected chi connectivity index (χ0v) is 14.0. The van der Waals surface area contributed by atoms with Gasteiger partial charge in [-0.15, -0.1) is 11.3 Å². The van der Waals surface area contributed by atoms with Gasteiger partial charge >= 0.3 is 0 Å². The quantitative estimate of drug-likeness (QED) is 0.888. The molecule has 22 heavy (non-hydrogen) atoms. The van der Waals surface area contributed by atoms with Crippen LogP contribution in [0.25, 0.3) is 0 Å². The van der Waals surface area contributed by atoms with E-state index in [1.54, 1.807) is 23.5 Å². The molecule has 1 aromatic carbocycles. The molecule has 0 bridgehead atoms. The lowest BCUT2D eigenvalue weighted by atomic mass is 10.1. The Bertz CT molecular complexity index is 627. The molecule has 1 amide bonds. The number of halogens is 1. The molecule has 1 saturated heterocycles. The van der Waals surface area contributed by atoms with Crippen LogP contribution in [0.15, 0.2) is 41.8 Å². The molecule has 1 fully saturated rings. The maximum Gasteiger partial charge on any atom is 0.241 e. The van der Waals surface area contributed by atoms with Crippen molar-refractivity contribution in [1.29, 1.82) is 0 Å². The number of thiophene rings is 1. The molecule has 2 heterocycles. The Kier molecular flexibility index (Phi) is 4.81. The van der Waals surface area contributed by atoms with Crippen LogP contribution in [0.2, 0.25) is 5.02 Å². The summed E-state index contributed by atoms with van der Waals surface area (Å²) in [6.07, 6.45) is 2.26. The Labute approximate surface area is 139 Å². The molecule has 0 unspecified atom stereocenters. The topological polar surface area (TPSA) is 32.3 Å². The van der Waals surface area contributed by atoms with E-state index in [9.17, 15) is 4.79 Å². The van der Waals surface area contributed by atoms with Gasteiger partial charge in [0, 0.05) is 21.6 Å². The second kappa shape index (κ2) is 6.82. The molecule has 1 aliphatic rings. The number of carbonyl (C=O) groups excluding carboxylic acids is 1. The van der Waals surface area contributed by atoms with Crippen molar-refractivity contribution in [3.05, 3.63) is 51.7 Å². The summed E-state index contributed by atoms with van der Waals surface area (Å²) < 4.78 is 0. The molecular formula is C17H19ClN2OS. The molecule has 1 N–H and O–H groups in total. The van der Waals surface area contributed by atoms with Crippen molar-refractivity contribution < 1.29 is 4.79 Å². The van der Waals surface area contributed by atoms with Crippen LogP contribution in [0.5, 0.6) is 0 Å². The van der Waals surface area contributed by atoms with Crippen LogP contribution >= 0.6 is 22.9 Å². The van der Waals surface area contributed by atoms with Gasteiger partial charge in [-0.05, 0) is 62.0 Å². The Hall–Kier alpha value is -1.36. The molecule has 0 radical (unpaired) electrons. The number of hydrogen-bond acceptors (Lipinski definition) is 3. The molecule has 2 atom stereocenters. The second-order valence-electron chi connectivity index (χ2n) is 5.58. The zero-order chi connectivity index (χ0) is 15.5. The van der Waals surface area contributed by atoms with E-state index in [0.29, 0.717) is 11.1 Å². The van der Waals surface area contributed by atoms with Gasteiger partial charge in [0.05, 0.1) is 6.04 Å². The summed E-state index contributed by atoms with van der Waals surface area (Å²) in [6.45, 7) is 2.95. The van der Waals surface area contributed by atoms with Gasteiger partial charge in [0.2, 0.25) is 5.91 Å². The maximum absolute atomic E-state index is 12.5. The fourth-order valence-corrected chi connectivity index (χ4v) is 3.98. The van der Waals surface area contributed by atoms with Gasteiger partial charge in [-0.3, -0.25) is 9.69 Å². The number of hydrogen-bond donors (Lipinski definition) is 1. The Morgan fingerprint density at radius 2 is 2.14 bits per heavy atom. The predicted molar refractivity (Wildman–Crippen MR) is 92.5 cm³/mol. The first-order valence-electron chi connectivity index (χ1n) is 7.51. The molecule has 5 heteroatoms. The highest BCUT2D eigenvalue weighted by atomic mass is 35.5. The highest BCUT2D eigenvalue weighted by Crippen LogP contribution is 2.36. The molecule has 3 nitrogen and oxygen atoms in total. The summed E-state index contributed by atoms with van der Waals surface area (Å²) in [6, 6.07) is 11.7. The van der Waals surface area contributed by atoms with Gasteiger partial charge in [0.15, 0.2) is 0 Å². The maximum atomic E-state index is 12.5. The summed E-state index contributed by atoms with van der Waals surface area (Å²) in [5.41, 5.74) is 0.785. The van der Waals surface area contributed by atoms with Crippen LogP contribution in [0.1, 0.15) is 30.7 Å². The first-order chi connectivity index (χ1) is 10.6. The minimum atomic E-state index is -0.148. The molecule has 1 aliphatic heterocycles. The molecule has 0 saturated carbocycles. The monoisotopic (exact) mass is 334 g/mol. The van der Waals surface area contributed by atoms with E-state index in [4.69, 9.17) is 11.6 Å². The second-order valence-corrected chi connectivity index (χ2v) is 7.00. The van der Waals surface area contributed by atoms with Gasteiger partial charge in [0.1, 0.15) is 0 Å². The van der Waals surface area contributed by atoms with Crippen LogP contribution in [0.3, 0.4) is 0 Å². The fourth-order valence-electron chi connectivity index (χ4n) is 2.97. The third-order valence-corrected chi connectivity index (χ3v) is 5.38. The van der Waals surface area contributed by atoms with Crippen LogP contribution < -0.4 is 5.32 Å². The van der Waals surface area contributed by atoms with Gasteiger partial charge < -0.3 is 5.32 Å². The molecule has 3 rings (SSSR count). The van der Waals surface area contributed by atoms with Gasteiger partial charge in [-0.2, -0.15) is 0 Å².